The molecular formula is C15H14O4. The van der Waals surface area contributed by atoms with E-state index in [4.69, 9.17) is 5.11 Å². The van der Waals surface area contributed by atoms with Crippen LogP contribution in [-0.2, 0) is 9.53 Å². The zero-order valence-corrected chi connectivity index (χ0v) is 10.7. The van der Waals surface area contributed by atoms with E-state index in [0.29, 0.717) is 5.56 Å². The van der Waals surface area contributed by atoms with Crippen LogP contribution in [0, 0.1) is 0 Å². The van der Waals surface area contributed by atoms with E-state index in [0.717, 1.165) is 16.3 Å². The van der Waals surface area contributed by atoms with Gasteiger partial charge in [0.05, 0.1) is 18.6 Å². The minimum Gasteiger partial charge on any atom is -0.481 e. The molecular weight excluding hydrogens is 244 g/mol. The van der Waals surface area contributed by atoms with Gasteiger partial charge < -0.3 is 9.84 Å². The summed E-state index contributed by atoms with van der Waals surface area (Å²) in [5.74, 6) is -1.79. The lowest BCUT2D eigenvalue weighted by Gasteiger charge is -2.08. The van der Waals surface area contributed by atoms with Gasteiger partial charge in [-0.05, 0) is 35.4 Å². The van der Waals surface area contributed by atoms with Crippen LogP contribution in [0.1, 0.15) is 28.8 Å². The van der Waals surface area contributed by atoms with Gasteiger partial charge in [-0.2, -0.15) is 0 Å². The molecule has 0 aliphatic rings. The predicted octanol–water partition coefficient (Wildman–Crippen LogP) is 2.81. The second kappa shape index (κ2) is 5.10. The first-order chi connectivity index (χ1) is 9.02. The lowest BCUT2D eigenvalue weighted by Crippen LogP contribution is -2.07. The van der Waals surface area contributed by atoms with Crippen molar-refractivity contribution in [3.05, 3.63) is 47.5 Å². The Bertz CT molecular complexity index is 646. The molecule has 2 aromatic carbocycles. The van der Waals surface area contributed by atoms with E-state index in [1.807, 2.05) is 12.1 Å². The number of methoxy groups -OCH3 is 1. The van der Waals surface area contributed by atoms with Gasteiger partial charge in [0.1, 0.15) is 0 Å². The third kappa shape index (κ3) is 2.57. The third-order valence-electron chi connectivity index (χ3n) is 3.16. The lowest BCUT2D eigenvalue weighted by atomic mass is 9.97. The molecule has 2 rings (SSSR count). The summed E-state index contributed by atoms with van der Waals surface area (Å²) in [6.07, 6.45) is 0. The topological polar surface area (TPSA) is 63.6 Å². The molecule has 0 bridgehead atoms. The Labute approximate surface area is 110 Å². The molecule has 0 fully saturated rings. The summed E-state index contributed by atoms with van der Waals surface area (Å²) in [5, 5.41) is 10.8. The summed E-state index contributed by atoms with van der Waals surface area (Å²) >= 11 is 0. The Balaban J connectivity index is 2.46. The first-order valence-corrected chi connectivity index (χ1v) is 5.87. The SMILES string of the molecule is COC(=O)c1ccc2cc(C(C)C(=O)O)ccc2c1. The average molecular weight is 258 g/mol. The van der Waals surface area contributed by atoms with Gasteiger partial charge in [0.15, 0.2) is 0 Å². The number of hydrogen-bond acceptors (Lipinski definition) is 3. The molecule has 0 radical (unpaired) electrons. The molecule has 0 saturated heterocycles. The zero-order valence-electron chi connectivity index (χ0n) is 10.7. The first kappa shape index (κ1) is 13.1. The van der Waals surface area contributed by atoms with Crippen molar-refractivity contribution in [1.82, 2.24) is 0 Å². The van der Waals surface area contributed by atoms with Gasteiger partial charge in [-0.15, -0.1) is 0 Å². The van der Waals surface area contributed by atoms with Crippen LogP contribution in [0.25, 0.3) is 10.8 Å². The standard InChI is InChI=1S/C15H14O4/c1-9(14(16)17)10-3-4-12-8-13(15(18)19-2)6-5-11(12)7-10/h3-9H,1-2H3,(H,16,17). The number of fused-ring (bicyclic) bond motifs is 1. The second-order valence-electron chi connectivity index (χ2n) is 4.37. The summed E-state index contributed by atoms with van der Waals surface area (Å²) in [7, 11) is 1.34. The summed E-state index contributed by atoms with van der Waals surface area (Å²) < 4.78 is 4.66. The number of hydrogen-bond donors (Lipinski definition) is 1. The van der Waals surface area contributed by atoms with E-state index >= 15 is 0 Å². The summed E-state index contributed by atoms with van der Waals surface area (Å²) in [4.78, 5) is 22.4. The van der Waals surface area contributed by atoms with Crippen molar-refractivity contribution in [2.24, 2.45) is 0 Å². The van der Waals surface area contributed by atoms with E-state index in [9.17, 15) is 9.59 Å². The molecule has 1 atom stereocenters. The number of rotatable bonds is 3. The number of benzene rings is 2. The summed E-state index contributed by atoms with van der Waals surface area (Å²) in [6.45, 7) is 1.65. The van der Waals surface area contributed by atoms with E-state index in [-0.39, 0.29) is 5.97 Å². The fourth-order valence-electron chi connectivity index (χ4n) is 1.92. The number of carboxylic acids is 1. The minimum atomic E-state index is -0.856. The molecule has 4 heteroatoms. The highest BCUT2D eigenvalue weighted by Crippen LogP contribution is 2.23. The van der Waals surface area contributed by atoms with Crippen LogP contribution in [0.15, 0.2) is 36.4 Å². The molecule has 98 valence electrons. The molecule has 0 saturated carbocycles. The number of carbonyl (C=O) groups is 2. The van der Waals surface area contributed by atoms with Gasteiger partial charge in [-0.1, -0.05) is 24.3 Å². The van der Waals surface area contributed by atoms with Crippen LogP contribution in [-0.4, -0.2) is 24.2 Å². The van der Waals surface area contributed by atoms with Crippen LogP contribution >= 0.6 is 0 Å². The van der Waals surface area contributed by atoms with E-state index in [2.05, 4.69) is 4.74 Å². The third-order valence-corrected chi connectivity index (χ3v) is 3.16. The van der Waals surface area contributed by atoms with Crippen LogP contribution < -0.4 is 0 Å². The molecule has 0 aliphatic heterocycles. The molecule has 0 spiro atoms. The number of aliphatic carboxylic acids is 1. The van der Waals surface area contributed by atoms with Crippen molar-refractivity contribution in [1.29, 1.82) is 0 Å². The Morgan fingerprint density at radius 3 is 2.37 bits per heavy atom. The van der Waals surface area contributed by atoms with Gasteiger partial charge in [0.25, 0.3) is 0 Å². The molecule has 0 amide bonds. The summed E-state index contributed by atoms with van der Waals surface area (Å²) in [5.41, 5.74) is 1.22. The molecule has 19 heavy (non-hydrogen) atoms. The number of carbonyl (C=O) groups excluding carboxylic acids is 1. The Hall–Kier alpha value is -2.36. The molecule has 1 unspecified atom stereocenters. The van der Waals surface area contributed by atoms with Crippen LogP contribution in [0.3, 0.4) is 0 Å². The van der Waals surface area contributed by atoms with E-state index < -0.39 is 11.9 Å². The van der Waals surface area contributed by atoms with Crippen molar-refractivity contribution < 1.29 is 19.4 Å². The molecule has 4 nitrogen and oxygen atoms in total. The highest BCUT2D eigenvalue weighted by molar-refractivity contribution is 5.95. The van der Waals surface area contributed by atoms with Crippen molar-refractivity contribution in [3.63, 3.8) is 0 Å². The van der Waals surface area contributed by atoms with E-state index in [1.165, 1.54) is 7.11 Å². The van der Waals surface area contributed by atoms with Crippen LogP contribution in [0.2, 0.25) is 0 Å². The Morgan fingerprint density at radius 2 is 1.74 bits per heavy atom. The van der Waals surface area contributed by atoms with Crippen molar-refractivity contribution in [2.75, 3.05) is 7.11 Å². The Kier molecular flexibility index (Phi) is 3.51. The van der Waals surface area contributed by atoms with Gasteiger partial charge in [-0.3, -0.25) is 4.79 Å². The predicted molar refractivity (Wildman–Crippen MR) is 71.3 cm³/mol. The van der Waals surface area contributed by atoms with Crippen molar-refractivity contribution in [2.45, 2.75) is 12.8 Å². The monoisotopic (exact) mass is 258 g/mol. The molecule has 0 aromatic heterocycles. The van der Waals surface area contributed by atoms with E-state index in [1.54, 1.807) is 31.2 Å². The highest BCUT2D eigenvalue weighted by atomic mass is 16.5. The number of carboxylic acid groups (broad SMARTS) is 1. The maximum atomic E-state index is 11.4. The highest BCUT2D eigenvalue weighted by Gasteiger charge is 2.14. The number of esters is 1. The maximum Gasteiger partial charge on any atom is 0.337 e. The maximum absolute atomic E-state index is 11.4. The lowest BCUT2D eigenvalue weighted by molar-refractivity contribution is -0.138. The summed E-state index contributed by atoms with van der Waals surface area (Å²) in [6, 6.07) is 10.6. The van der Waals surface area contributed by atoms with Gasteiger partial charge in [-0.25, -0.2) is 4.79 Å². The van der Waals surface area contributed by atoms with Crippen LogP contribution in [0.5, 0.6) is 0 Å². The van der Waals surface area contributed by atoms with Gasteiger partial charge in [0.2, 0.25) is 0 Å². The largest absolute Gasteiger partial charge is 0.481 e. The normalized spacial score (nSPS) is 12.1. The van der Waals surface area contributed by atoms with Crippen LogP contribution in [0.4, 0.5) is 0 Å². The smallest absolute Gasteiger partial charge is 0.337 e. The quantitative estimate of drug-likeness (QED) is 0.860. The molecule has 0 aliphatic carbocycles. The zero-order chi connectivity index (χ0) is 14.0. The Morgan fingerprint density at radius 1 is 1.11 bits per heavy atom. The first-order valence-electron chi connectivity index (χ1n) is 5.87. The number of ether oxygens (including phenoxy) is 1. The van der Waals surface area contributed by atoms with Crippen molar-refractivity contribution >= 4 is 22.7 Å². The minimum absolute atomic E-state index is 0.384. The average Bonchev–Trinajstić information content (AvgIpc) is 2.44. The fraction of sp³-hybridized carbons (Fsp3) is 0.200. The molecule has 0 heterocycles. The fourth-order valence-corrected chi connectivity index (χ4v) is 1.92. The van der Waals surface area contributed by atoms with Gasteiger partial charge in [0, 0.05) is 0 Å². The molecule has 2 aromatic rings. The van der Waals surface area contributed by atoms with Crippen molar-refractivity contribution in [3.8, 4) is 0 Å². The second-order valence-corrected chi connectivity index (χ2v) is 4.37. The molecule has 1 N–H and O–H groups in total. The van der Waals surface area contributed by atoms with Gasteiger partial charge >= 0.3 is 11.9 Å².